The van der Waals surface area contributed by atoms with Gasteiger partial charge in [-0.15, -0.1) is 11.3 Å². The second-order valence-corrected chi connectivity index (χ2v) is 7.83. The molecule has 0 saturated carbocycles. The fourth-order valence-electron chi connectivity index (χ4n) is 3.46. The molecule has 1 aromatic rings. The molecule has 1 saturated heterocycles. The second kappa shape index (κ2) is 8.53. The van der Waals surface area contributed by atoms with Crippen molar-refractivity contribution in [1.29, 1.82) is 0 Å². The van der Waals surface area contributed by atoms with E-state index in [-0.39, 0.29) is 17.7 Å². The van der Waals surface area contributed by atoms with Crippen molar-refractivity contribution < 1.29 is 19.1 Å². The molecule has 26 heavy (non-hydrogen) atoms. The second-order valence-electron chi connectivity index (χ2n) is 6.69. The summed E-state index contributed by atoms with van der Waals surface area (Å²) in [6, 6.07) is 1.93. The summed E-state index contributed by atoms with van der Waals surface area (Å²) in [6.07, 6.45) is 5.43. The maximum atomic E-state index is 12.4. The minimum atomic E-state index is -0.391. The van der Waals surface area contributed by atoms with Crippen molar-refractivity contribution >= 4 is 29.2 Å². The van der Waals surface area contributed by atoms with Crippen LogP contribution in [0.15, 0.2) is 6.07 Å². The number of ether oxygens (including phenoxy) is 1. The number of nitrogens with one attached hydrogen (secondary N) is 2. The number of hydrazine groups is 1. The number of rotatable bonds is 3. The summed E-state index contributed by atoms with van der Waals surface area (Å²) in [4.78, 5) is 39.9. The Labute approximate surface area is 157 Å². The Morgan fingerprint density at radius 2 is 2.04 bits per heavy atom. The van der Waals surface area contributed by atoms with Gasteiger partial charge in [0.2, 0.25) is 5.91 Å². The zero-order chi connectivity index (χ0) is 18.5. The van der Waals surface area contributed by atoms with Gasteiger partial charge in [0.1, 0.15) is 0 Å². The quantitative estimate of drug-likeness (QED) is 0.789. The van der Waals surface area contributed by atoms with Crippen LogP contribution in [0.25, 0.3) is 0 Å². The third-order valence-electron chi connectivity index (χ3n) is 4.84. The number of carbonyl (C=O) groups is 3. The van der Waals surface area contributed by atoms with E-state index in [0.717, 1.165) is 19.3 Å². The molecule has 3 amide bonds. The fraction of sp³-hybridized carbons (Fsp3) is 0.611. The molecule has 1 atom stereocenters. The van der Waals surface area contributed by atoms with Crippen LogP contribution in [-0.2, 0) is 22.4 Å². The summed E-state index contributed by atoms with van der Waals surface area (Å²) >= 11 is 1.51. The minimum Gasteiger partial charge on any atom is -0.450 e. The molecule has 2 N–H and O–H groups in total. The maximum Gasteiger partial charge on any atom is 0.409 e. The van der Waals surface area contributed by atoms with Crippen LogP contribution in [0.4, 0.5) is 4.79 Å². The van der Waals surface area contributed by atoms with Crippen molar-refractivity contribution in [2.24, 2.45) is 5.92 Å². The van der Waals surface area contributed by atoms with E-state index in [1.807, 2.05) is 6.07 Å². The molecule has 0 spiro atoms. The number of aryl methyl sites for hydroxylation is 2. The van der Waals surface area contributed by atoms with Crippen LogP contribution < -0.4 is 10.9 Å². The lowest BCUT2D eigenvalue weighted by atomic mass is 9.98. The Morgan fingerprint density at radius 3 is 2.81 bits per heavy atom. The van der Waals surface area contributed by atoms with Gasteiger partial charge in [-0.25, -0.2) is 4.79 Å². The molecule has 142 valence electrons. The van der Waals surface area contributed by atoms with Crippen LogP contribution >= 0.6 is 11.3 Å². The Balaban J connectivity index is 1.50. The van der Waals surface area contributed by atoms with Gasteiger partial charge >= 0.3 is 6.09 Å². The zero-order valence-electron chi connectivity index (χ0n) is 15.0. The van der Waals surface area contributed by atoms with Crippen LogP contribution in [-0.4, -0.2) is 42.5 Å². The molecule has 1 aliphatic carbocycles. The van der Waals surface area contributed by atoms with Crippen LogP contribution in [0.2, 0.25) is 0 Å². The Hall–Kier alpha value is -2.09. The topological polar surface area (TPSA) is 87.7 Å². The summed E-state index contributed by atoms with van der Waals surface area (Å²) in [7, 11) is 0. The van der Waals surface area contributed by atoms with Gasteiger partial charge in [0.15, 0.2) is 0 Å². The third-order valence-corrected chi connectivity index (χ3v) is 6.07. The van der Waals surface area contributed by atoms with Crippen LogP contribution in [0.5, 0.6) is 0 Å². The molecule has 2 aliphatic rings. The fourth-order valence-corrected chi connectivity index (χ4v) is 4.61. The predicted molar refractivity (Wildman–Crippen MR) is 97.9 cm³/mol. The van der Waals surface area contributed by atoms with Crippen molar-refractivity contribution in [2.45, 2.75) is 45.4 Å². The normalized spacial score (nSPS) is 19.4. The summed E-state index contributed by atoms with van der Waals surface area (Å²) in [6.45, 7) is 2.97. The van der Waals surface area contributed by atoms with E-state index in [4.69, 9.17) is 4.74 Å². The first kappa shape index (κ1) is 18.7. The van der Waals surface area contributed by atoms with Crippen LogP contribution in [0, 0.1) is 5.92 Å². The molecule has 0 radical (unpaired) electrons. The van der Waals surface area contributed by atoms with Gasteiger partial charge < -0.3 is 9.64 Å². The van der Waals surface area contributed by atoms with Gasteiger partial charge in [-0.1, -0.05) is 0 Å². The number of thiophene rings is 1. The lowest BCUT2D eigenvalue weighted by Crippen LogP contribution is -2.50. The first-order valence-corrected chi connectivity index (χ1v) is 10.0. The number of amides is 3. The molecule has 3 rings (SSSR count). The highest BCUT2D eigenvalue weighted by Crippen LogP contribution is 2.29. The van der Waals surface area contributed by atoms with Gasteiger partial charge in [0, 0.05) is 18.0 Å². The molecular weight excluding hydrogens is 354 g/mol. The first-order valence-electron chi connectivity index (χ1n) is 9.22. The molecule has 0 bridgehead atoms. The summed E-state index contributed by atoms with van der Waals surface area (Å²) < 4.78 is 4.99. The molecular formula is C18H25N3O4S. The molecule has 7 nitrogen and oxygen atoms in total. The number of hydrogen-bond donors (Lipinski definition) is 2. The monoisotopic (exact) mass is 379 g/mol. The Morgan fingerprint density at radius 1 is 1.23 bits per heavy atom. The van der Waals surface area contributed by atoms with Crippen molar-refractivity contribution in [1.82, 2.24) is 15.8 Å². The zero-order valence-corrected chi connectivity index (χ0v) is 15.8. The Bertz CT molecular complexity index is 664. The lowest BCUT2D eigenvalue weighted by Gasteiger charge is -2.31. The standard InChI is InChI=1S/C18H25N3O4S/c1-2-25-18(24)21-9-5-7-13(11-21)16(22)19-20-17(23)15-10-12-6-3-4-8-14(12)26-15/h10,13H,2-9,11H2,1H3,(H,19,22)(H,20,23). The van der Waals surface area contributed by atoms with Crippen molar-refractivity contribution in [3.63, 3.8) is 0 Å². The van der Waals surface area contributed by atoms with Gasteiger partial charge in [0.05, 0.1) is 17.4 Å². The molecule has 1 unspecified atom stereocenters. The number of hydrogen-bond acceptors (Lipinski definition) is 5. The highest BCUT2D eigenvalue weighted by molar-refractivity contribution is 7.14. The van der Waals surface area contributed by atoms with Crippen LogP contribution in [0.1, 0.15) is 52.7 Å². The average molecular weight is 379 g/mol. The van der Waals surface area contributed by atoms with E-state index < -0.39 is 6.09 Å². The largest absolute Gasteiger partial charge is 0.450 e. The summed E-state index contributed by atoms with van der Waals surface area (Å²) in [5, 5.41) is 0. The predicted octanol–water partition coefficient (Wildman–Crippen LogP) is 2.26. The van der Waals surface area contributed by atoms with E-state index in [1.165, 1.54) is 34.6 Å². The van der Waals surface area contributed by atoms with Gasteiger partial charge in [-0.2, -0.15) is 0 Å². The van der Waals surface area contributed by atoms with Gasteiger partial charge in [-0.3, -0.25) is 20.4 Å². The van der Waals surface area contributed by atoms with E-state index in [9.17, 15) is 14.4 Å². The summed E-state index contributed by atoms with van der Waals surface area (Å²) in [5.74, 6) is -0.894. The van der Waals surface area contributed by atoms with E-state index >= 15 is 0 Å². The van der Waals surface area contributed by atoms with Crippen LogP contribution in [0.3, 0.4) is 0 Å². The first-order chi connectivity index (χ1) is 12.6. The lowest BCUT2D eigenvalue weighted by molar-refractivity contribution is -0.127. The molecule has 1 fully saturated rings. The SMILES string of the molecule is CCOC(=O)N1CCCC(C(=O)NNC(=O)c2cc3c(s2)CCCC3)C1. The smallest absolute Gasteiger partial charge is 0.409 e. The van der Waals surface area contributed by atoms with Crippen molar-refractivity contribution in [3.05, 3.63) is 21.4 Å². The Kier molecular flexibility index (Phi) is 6.13. The highest BCUT2D eigenvalue weighted by atomic mass is 32.1. The highest BCUT2D eigenvalue weighted by Gasteiger charge is 2.29. The number of fused-ring (bicyclic) bond motifs is 1. The van der Waals surface area contributed by atoms with E-state index in [0.29, 0.717) is 31.0 Å². The number of piperidine rings is 1. The van der Waals surface area contributed by atoms with Gasteiger partial charge in [-0.05, 0) is 57.1 Å². The number of likely N-dealkylation sites (tertiary alicyclic amines) is 1. The van der Waals surface area contributed by atoms with Gasteiger partial charge in [0.25, 0.3) is 5.91 Å². The molecule has 1 aliphatic heterocycles. The number of carbonyl (C=O) groups excluding carboxylic acids is 3. The van der Waals surface area contributed by atoms with Crippen molar-refractivity contribution in [2.75, 3.05) is 19.7 Å². The summed E-state index contributed by atoms with van der Waals surface area (Å²) in [5.41, 5.74) is 6.28. The molecule has 8 heteroatoms. The number of nitrogens with zero attached hydrogens (tertiary/aromatic N) is 1. The van der Waals surface area contributed by atoms with E-state index in [2.05, 4.69) is 10.9 Å². The van der Waals surface area contributed by atoms with Crippen molar-refractivity contribution in [3.8, 4) is 0 Å². The molecule has 2 heterocycles. The minimum absolute atomic E-state index is 0.270. The maximum absolute atomic E-state index is 12.4. The van der Waals surface area contributed by atoms with E-state index in [1.54, 1.807) is 11.8 Å². The molecule has 1 aromatic heterocycles. The average Bonchev–Trinajstić information content (AvgIpc) is 3.10. The third kappa shape index (κ3) is 4.35. The molecule has 0 aromatic carbocycles.